The maximum Gasteiger partial charge on any atom is 0.228 e. The maximum atomic E-state index is 12.9. The predicted octanol–water partition coefficient (Wildman–Crippen LogP) is 2.59. The number of allylic oxidation sites excluding steroid dienone is 2. The first-order valence-corrected chi connectivity index (χ1v) is 9.41. The predicted molar refractivity (Wildman–Crippen MR) is 88.6 cm³/mol. The van der Waals surface area contributed by atoms with Crippen LogP contribution < -0.4 is 0 Å². The first-order chi connectivity index (χ1) is 11.2. The van der Waals surface area contributed by atoms with Crippen molar-refractivity contribution in [3.05, 3.63) is 12.2 Å². The van der Waals surface area contributed by atoms with E-state index in [0.717, 1.165) is 70.6 Å². The van der Waals surface area contributed by atoms with Gasteiger partial charge in [0.05, 0.1) is 5.41 Å². The smallest absolute Gasteiger partial charge is 0.228 e. The summed E-state index contributed by atoms with van der Waals surface area (Å²) in [5, 5.41) is 0. The molecule has 23 heavy (non-hydrogen) atoms. The van der Waals surface area contributed by atoms with E-state index in [9.17, 15) is 9.59 Å². The summed E-state index contributed by atoms with van der Waals surface area (Å²) in [6, 6.07) is 0. The van der Waals surface area contributed by atoms with E-state index in [1.807, 2.05) is 4.90 Å². The summed E-state index contributed by atoms with van der Waals surface area (Å²) in [7, 11) is 0. The Morgan fingerprint density at radius 2 is 1.83 bits per heavy atom. The van der Waals surface area contributed by atoms with Gasteiger partial charge in [-0.1, -0.05) is 12.2 Å². The molecule has 0 bridgehead atoms. The Labute approximate surface area is 138 Å². The minimum absolute atomic E-state index is 0.155. The second-order valence-corrected chi connectivity index (χ2v) is 8.04. The largest absolute Gasteiger partial charge is 0.342 e. The average molecular weight is 316 g/mol. The Kier molecular flexibility index (Phi) is 3.94. The molecule has 4 aliphatic rings. The molecule has 4 heteroatoms. The number of hydrogen-bond acceptors (Lipinski definition) is 2. The molecule has 1 atom stereocenters. The second-order valence-electron chi connectivity index (χ2n) is 8.04. The summed E-state index contributed by atoms with van der Waals surface area (Å²) in [4.78, 5) is 29.8. The van der Waals surface area contributed by atoms with Crippen molar-refractivity contribution in [3.8, 4) is 0 Å². The van der Waals surface area contributed by atoms with Gasteiger partial charge in [0.15, 0.2) is 0 Å². The SMILES string of the molecule is O=C(C1CC=CC1)N1CCC[C@]2(CC1)CCN(CC1CC1)C2=O. The number of amides is 2. The standard InChI is InChI=1S/C19H28N2O2/c22-17(16-4-1-2-5-16)20-11-3-8-19(9-12-20)10-13-21(18(19)23)14-15-6-7-15/h1-2,15-16H,3-14H2/t19-/m0/s1. The van der Waals surface area contributed by atoms with Gasteiger partial charge in [0, 0.05) is 32.1 Å². The molecule has 2 aliphatic carbocycles. The highest BCUT2D eigenvalue weighted by Gasteiger charge is 2.48. The molecule has 126 valence electrons. The highest BCUT2D eigenvalue weighted by atomic mass is 16.2. The normalized spacial score (nSPS) is 32.1. The van der Waals surface area contributed by atoms with Gasteiger partial charge in [-0.15, -0.1) is 0 Å². The summed E-state index contributed by atoms with van der Waals surface area (Å²) in [5.41, 5.74) is -0.155. The second kappa shape index (κ2) is 5.95. The van der Waals surface area contributed by atoms with Gasteiger partial charge in [-0.2, -0.15) is 0 Å². The zero-order valence-corrected chi connectivity index (χ0v) is 14.0. The highest BCUT2D eigenvalue weighted by Crippen LogP contribution is 2.43. The molecule has 0 aromatic rings. The fourth-order valence-corrected chi connectivity index (χ4v) is 4.63. The van der Waals surface area contributed by atoms with Crippen molar-refractivity contribution >= 4 is 11.8 Å². The van der Waals surface area contributed by atoms with Crippen LogP contribution in [0.2, 0.25) is 0 Å². The lowest BCUT2D eigenvalue weighted by atomic mass is 9.79. The van der Waals surface area contributed by atoms with Crippen molar-refractivity contribution < 1.29 is 9.59 Å². The van der Waals surface area contributed by atoms with Crippen molar-refractivity contribution in [1.82, 2.24) is 9.80 Å². The summed E-state index contributed by atoms with van der Waals surface area (Å²) < 4.78 is 0. The van der Waals surface area contributed by atoms with Crippen molar-refractivity contribution in [2.24, 2.45) is 17.3 Å². The van der Waals surface area contributed by atoms with Crippen LogP contribution in [0.3, 0.4) is 0 Å². The molecule has 0 aromatic heterocycles. The van der Waals surface area contributed by atoms with E-state index in [4.69, 9.17) is 0 Å². The lowest BCUT2D eigenvalue weighted by molar-refractivity contribution is -0.138. The molecular weight excluding hydrogens is 288 g/mol. The minimum Gasteiger partial charge on any atom is -0.342 e. The van der Waals surface area contributed by atoms with Crippen molar-refractivity contribution in [3.63, 3.8) is 0 Å². The van der Waals surface area contributed by atoms with E-state index >= 15 is 0 Å². The molecule has 0 unspecified atom stereocenters. The van der Waals surface area contributed by atoms with Crippen LogP contribution >= 0.6 is 0 Å². The van der Waals surface area contributed by atoms with Gasteiger partial charge in [0.1, 0.15) is 0 Å². The quantitative estimate of drug-likeness (QED) is 0.751. The summed E-state index contributed by atoms with van der Waals surface area (Å²) in [5.74, 6) is 1.64. The number of rotatable bonds is 3. The Morgan fingerprint density at radius 1 is 1.09 bits per heavy atom. The lowest BCUT2D eigenvalue weighted by Crippen LogP contribution is -2.38. The molecule has 1 saturated carbocycles. The van der Waals surface area contributed by atoms with Gasteiger partial charge in [0.2, 0.25) is 11.8 Å². The topological polar surface area (TPSA) is 40.6 Å². The number of nitrogens with zero attached hydrogens (tertiary/aromatic N) is 2. The van der Waals surface area contributed by atoms with Gasteiger partial charge in [0.25, 0.3) is 0 Å². The number of likely N-dealkylation sites (tertiary alicyclic amines) is 2. The molecule has 4 rings (SSSR count). The van der Waals surface area contributed by atoms with E-state index in [0.29, 0.717) is 11.8 Å². The fourth-order valence-electron chi connectivity index (χ4n) is 4.63. The van der Waals surface area contributed by atoms with Crippen LogP contribution in [0.4, 0.5) is 0 Å². The molecule has 2 amide bonds. The molecule has 3 fully saturated rings. The third kappa shape index (κ3) is 2.92. The lowest BCUT2D eigenvalue weighted by Gasteiger charge is -2.27. The Balaban J connectivity index is 1.38. The van der Waals surface area contributed by atoms with E-state index in [1.165, 1.54) is 12.8 Å². The van der Waals surface area contributed by atoms with Crippen LogP contribution in [0.25, 0.3) is 0 Å². The molecule has 1 spiro atoms. The average Bonchev–Trinajstić information content (AvgIpc) is 3.18. The molecule has 0 N–H and O–H groups in total. The number of carbonyl (C=O) groups excluding carboxylic acids is 2. The highest BCUT2D eigenvalue weighted by molar-refractivity contribution is 5.85. The van der Waals surface area contributed by atoms with Crippen molar-refractivity contribution in [2.45, 2.75) is 51.4 Å². The molecule has 0 radical (unpaired) electrons. The first-order valence-electron chi connectivity index (χ1n) is 9.41. The van der Waals surface area contributed by atoms with Gasteiger partial charge in [-0.25, -0.2) is 0 Å². The molecule has 4 nitrogen and oxygen atoms in total. The molecule has 2 heterocycles. The van der Waals surface area contributed by atoms with Crippen molar-refractivity contribution in [1.29, 1.82) is 0 Å². The van der Waals surface area contributed by atoms with Gasteiger partial charge in [-0.3, -0.25) is 9.59 Å². The third-order valence-corrected chi connectivity index (χ3v) is 6.39. The first kappa shape index (κ1) is 15.2. The van der Waals surface area contributed by atoms with Crippen LogP contribution in [0.5, 0.6) is 0 Å². The summed E-state index contributed by atoms with van der Waals surface area (Å²) >= 11 is 0. The fraction of sp³-hybridized carbons (Fsp3) is 0.789. The monoisotopic (exact) mass is 316 g/mol. The van der Waals surface area contributed by atoms with Gasteiger partial charge < -0.3 is 9.80 Å². The van der Waals surface area contributed by atoms with Gasteiger partial charge >= 0.3 is 0 Å². The Hall–Kier alpha value is -1.32. The van der Waals surface area contributed by atoms with Crippen LogP contribution in [0.15, 0.2) is 12.2 Å². The van der Waals surface area contributed by atoms with Crippen LogP contribution in [0, 0.1) is 17.3 Å². The summed E-state index contributed by atoms with van der Waals surface area (Å²) in [6.07, 6.45) is 12.5. The van der Waals surface area contributed by atoms with E-state index in [2.05, 4.69) is 17.1 Å². The maximum absolute atomic E-state index is 12.9. The van der Waals surface area contributed by atoms with E-state index in [-0.39, 0.29) is 11.3 Å². The molecule has 0 aromatic carbocycles. The molecule has 2 aliphatic heterocycles. The Morgan fingerprint density at radius 3 is 2.57 bits per heavy atom. The van der Waals surface area contributed by atoms with E-state index < -0.39 is 0 Å². The van der Waals surface area contributed by atoms with E-state index in [1.54, 1.807) is 0 Å². The number of hydrogen-bond donors (Lipinski definition) is 0. The molecule has 2 saturated heterocycles. The summed E-state index contributed by atoms with van der Waals surface area (Å²) in [6.45, 7) is 3.54. The van der Waals surface area contributed by atoms with Crippen LogP contribution in [0.1, 0.15) is 51.4 Å². The minimum atomic E-state index is -0.155. The van der Waals surface area contributed by atoms with Crippen molar-refractivity contribution in [2.75, 3.05) is 26.2 Å². The van der Waals surface area contributed by atoms with Gasteiger partial charge in [-0.05, 0) is 57.3 Å². The Bertz CT molecular complexity index is 517. The zero-order valence-electron chi connectivity index (χ0n) is 14.0. The zero-order chi connectivity index (χ0) is 15.9. The molecular formula is C19H28N2O2. The number of carbonyl (C=O) groups is 2. The van der Waals surface area contributed by atoms with Crippen LogP contribution in [-0.2, 0) is 9.59 Å². The third-order valence-electron chi connectivity index (χ3n) is 6.39. The van der Waals surface area contributed by atoms with Crippen LogP contribution in [-0.4, -0.2) is 47.8 Å².